The Bertz CT molecular complexity index is 443. The maximum atomic E-state index is 4.27. The first-order chi connectivity index (χ1) is 10.2. The minimum absolute atomic E-state index is 0.625. The van der Waals surface area contributed by atoms with Crippen LogP contribution < -0.4 is 15.5 Å². The van der Waals surface area contributed by atoms with Gasteiger partial charge in [0, 0.05) is 38.9 Å². The third-order valence-corrected chi connectivity index (χ3v) is 4.06. The van der Waals surface area contributed by atoms with Gasteiger partial charge in [-0.15, -0.1) is 0 Å². The summed E-state index contributed by atoms with van der Waals surface area (Å²) in [6, 6.07) is 11.2. The van der Waals surface area contributed by atoms with Gasteiger partial charge in [0.1, 0.15) is 0 Å². The largest absolute Gasteiger partial charge is 0.375 e. The van der Waals surface area contributed by atoms with Crippen molar-refractivity contribution < 1.29 is 0 Å². The van der Waals surface area contributed by atoms with Crippen molar-refractivity contribution in [3.8, 4) is 0 Å². The molecule has 1 aliphatic rings. The first-order valence-corrected chi connectivity index (χ1v) is 7.94. The highest BCUT2D eigenvalue weighted by Gasteiger charge is 2.33. The number of nitrogens with zero attached hydrogens (tertiary/aromatic N) is 2. The summed E-state index contributed by atoms with van der Waals surface area (Å²) in [6.07, 6.45) is 3.59. The summed E-state index contributed by atoms with van der Waals surface area (Å²) in [5.74, 6) is 1.74. The lowest BCUT2D eigenvalue weighted by Crippen LogP contribution is -2.39. The molecule has 0 aromatic heterocycles. The quantitative estimate of drug-likeness (QED) is 0.460. The molecule has 2 rings (SSSR count). The number of unbranched alkanes of at least 4 members (excludes halogenated alkanes) is 1. The van der Waals surface area contributed by atoms with Crippen LogP contribution in [0.2, 0.25) is 0 Å². The topological polar surface area (TPSA) is 39.7 Å². The second kappa shape index (κ2) is 7.91. The van der Waals surface area contributed by atoms with E-state index in [-0.39, 0.29) is 0 Å². The molecule has 2 N–H and O–H groups in total. The number of para-hydroxylation sites is 1. The number of anilines is 1. The van der Waals surface area contributed by atoms with Gasteiger partial charge in [0.25, 0.3) is 0 Å². The molecule has 2 unspecified atom stereocenters. The number of hydrogen-bond donors (Lipinski definition) is 2. The molecule has 1 fully saturated rings. The average Bonchev–Trinajstić information content (AvgIpc) is 3.21. The predicted octanol–water partition coefficient (Wildman–Crippen LogP) is 2.48. The Kier molecular flexibility index (Phi) is 5.90. The Hall–Kier alpha value is -1.71. The summed E-state index contributed by atoms with van der Waals surface area (Å²) in [7, 11) is 3.99. The van der Waals surface area contributed by atoms with E-state index in [0.717, 1.165) is 31.4 Å². The Morgan fingerprint density at radius 3 is 2.62 bits per heavy atom. The number of aliphatic imine (C=N–C) groups is 1. The summed E-state index contributed by atoms with van der Waals surface area (Å²) in [6.45, 7) is 4.32. The van der Waals surface area contributed by atoms with Gasteiger partial charge >= 0.3 is 0 Å². The molecule has 0 saturated heterocycles. The molecule has 0 radical (unpaired) electrons. The van der Waals surface area contributed by atoms with Crippen LogP contribution in [0.1, 0.15) is 26.2 Å². The van der Waals surface area contributed by atoms with Crippen LogP contribution in [0, 0.1) is 5.92 Å². The SMILES string of the molecule is CN=C(NCCCCN(C)c1ccccc1)NC1CC1C. The number of nitrogens with one attached hydrogen (secondary N) is 2. The minimum atomic E-state index is 0.625. The summed E-state index contributed by atoms with van der Waals surface area (Å²) >= 11 is 0. The highest BCUT2D eigenvalue weighted by atomic mass is 15.2. The molecule has 1 saturated carbocycles. The van der Waals surface area contributed by atoms with E-state index in [1.165, 1.54) is 18.5 Å². The number of rotatable bonds is 7. The standard InChI is InChI=1S/C17H28N4/c1-14-13-16(14)20-17(18-2)19-11-7-8-12-21(3)15-9-5-4-6-10-15/h4-6,9-10,14,16H,7-8,11-13H2,1-3H3,(H2,18,19,20). The molecule has 0 spiro atoms. The lowest BCUT2D eigenvalue weighted by Gasteiger charge is -2.19. The second-order valence-corrected chi connectivity index (χ2v) is 5.93. The van der Waals surface area contributed by atoms with Crippen LogP contribution in [-0.4, -0.2) is 39.2 Å². The third-order valence-electron chi connectivity index (χ3n) is 4.06. The monoisotopic (exact) mass is 288 g/mol. The molecule has 0 bridgehead atoms. The van der Waals surface area contributed by atoms with E-state index < -0.39 is 0 Å². The normalized spacial score (nSPS) is 21.0. The summed E-state index contributed by atoms with van der Waals surface area (Å²) in [5, 5.41) is 6.84. The Morgan fingerprint density at radius 1 is 1.29 bits per heavy atom. The molecule has 1 aliphatic carbocycles. The van der Waals surface area contributed by atoms with Crippen molar-refractivity contribution in [2.45, 2.75) is 32.2 Å². The molecule has 1 aromatic carbocycles. The lowest BCUT2D eigenvalue weighted by molar-refractivity contribution is 0.682. The van der Waals surface area contributed by atoms with Gasteiger partial charge in [-0.25, -0.2) is 0 Å². The van der Waals surface area contributed by atoms with Crippen molar-refractivity contribution in [1.29, 1.82) is 0 Å². The van der Waals surface area contributed by atoms with Gasteiger partial charge in [-0.3, -0.25) is 4.99 Å². The number of hydrogen-bond acceptors (Lipinski definition) is 2. The van der Waals surface area contributed by atoms with Crippen LogP contribution in [0.15, 0.2) is 35.3 Å². The molecule has 0 amide bonds. The molecule has 4 heteroatoms. The van der Waals surface area contributed by atoms with E-state index >= 15 is 0 Å². The second-order valence-electron chi connectivity index (χ2n) is 5.93. The third kappa shape index (κ3) is 5.29. The molecule has 116 valence electrons. The zero-order valence-electron chi connectivity index (χ0n) is 13.5. The van der Waals surface area contributed by atoms with Crippen LogP contribution in [-0.2, 0) is 0 Å². The minimum Gasteiger partial charge on any atom is -0.375 e. The summed E-state index contributed by atoms with van der Waals surface area (Å²) in [4.78, 5) is 6.57. The zero-order valence-corrected chi connectivity index (χ0v) is 13.5. The maximum Gasteiger partial charge on any atom is 0.191 e. The van der Waals surface area contributed by atoms with E-state index in [1.807, 2.05) is 7.05 Å². The highest BCUT2D eigenvalue weighted by molar-refractivity contribution is 5.80. The van der Waals surface area contributed by atoms with E-state index in [4.69, 9.17) is 0 Å². The Labute approximate surface area is 128 Å². The van der Waals surface area contributed by atoms with Gasteiger partial charge in [0.15, 0.2) is 5.96 Å². The van der Waals surface area contributed by atoms with Gasteiger partial charge in [-0.1, -0.05) is 25.1 Å². The fourth-order valence-corrected chi connectivity index (χ4v) is 2.39. The molecule has 21 heavy (non-hydrogen) atoms. The summed E-state index contributed by atoms with van der Waals surface area (Å²) in [5.41, 5.74) is 1.28. The van der Waals surface area contributed by atoms with Gasteiger partial charge < -0.3 is 15.5 Å². The molecular weight excluding hydrogens is 260 g/mol. The van der Waals surface area contributed by atoms with E-state index in [1.54, 1.807) is 0 Å². The zero-order chi connectivity index (χ0) is 15.1. The van der Waals surface area contributed by atoms with Gasteiger partial charge in [0.2, 0.25) is 0 Å². The first kappa shape index (κ1) is 15.7. The van der Waals surface area contributed by atoms with Crippen molar-refractivity contribution >= 4 is 11.6 Å². The Morgan fingerprint density at radius 2 is 2.00 bits per heavy atom. The lowest BCUT2D eigenvalue weighted by atomic mass is 10.2. The average molecular weight is 288 g/mol. The fourth-order valence-electron chi connectivity index (χ4n) is 2.39. The van der Waals surface area contributed by atoms with Crippen LogP contribution in [0.5, 0.6) is 0 Å². The van der Waals surface area contributed by atoms with E-state index in [9.17, 15) is 0 Å². The van der Waals surface area contributed by atoms with Crippen molar-refractivity contribution in [3.63, 3.8) is 0 Å². The van der Waals surface area contributed by atoms with Crippen LogP contribution in [0.3, 0.4) is 0 Å². The number of benzene rings is 1. The van der Waals surface area contributed by atoms with E-state index in [0.29, 0.717) is 6.04 Å². The molecule has 0 heterocycles. The number of guanidine groups is 1. The van der Waals surface area contributed by atoms with Gasteiger partial charge in [-0.2, -0.15) is 0 Å². The predicted molar refractivity (Wildman–Crippen MR) is 91.0 cm³/mol. The smallest absolute Gasteiger partial charge is 0.191 e. The van der Waals surface area contributed by atoms with Crippen LogP contribution in [0.4, 0.5) is 5.69 Å². The summed E-state index contributed by atoms with van der Waals surface area (Å²) < 4.78 is 0. The van der Waals surface area contributed by atoms with E-state index in [2.05, 4.69) is 64.8 Å². The van der Waals surface area contributed by atoms with Crippen LogP contribution >= 0.6 is 0 Å². The molecule has 4 nitrogen and oxygen atoms in total. The van der Waals surface area contributed by atoms with Crippen molar-refractivity contribution in [2.24, 2.45) is 10.9 Å². The molecule has 0 aliphatic heterocycles. The van der Waals surface area contributed by atoms with Gasteiger partial charge in [-0.05, 0) is 37.3 Å². The van der Waals surface area contributed by atoms with Crippen LogP contribution in [0.25, 0.3) is 0 Å². The van der Waals surface area contributed by atoms with Crippen molar-refractivity contribution in [2.75, 3.05) is 32.1 Å². The first-order valence-electron chi connectivity index (χ1n) is 7.94. The molecular formula is C17H28N4. The van der Waals surface area contributed by atoms with Crippen molar-refractivity contribution in [3.05, 3.63) is 30.3 Å². The maximum absolute atomic E-state index is 4.27. The highest BCUT2D eigenvalue weighted by Crippen LogP contribution is 2.28. The molecule has 1 aromatic rings. The molecule has 2 atom stereocenters. The fraction of sp³-hybridized carbons (Fsp3) is 0.588. The Balaban J connectivity index is 1.57. The van der Waals surface area contributed by atoms with Gasteiger partial charge in [0.05, 0.1) is 0 Å². The van der Waals surface area contributed by atoms with Crippen molar-refractivity contribution in [1.82, 2.24) is 10.6 Å².